The number of aromatic nitrogens is 2. The second-order valence-electron chi connectivity index (χ2n) is 12.4. The van der Waals surface area contributed by atoms with Gasteiger partial charge in [0, 0.05) is 18.6 Å². The van der Waals surface area contributed by atoms with Crippen molar-refractivity contribution in [1.29, 1.82) is 0 Å². The third-order valence-corrected chi connectivity index (χ3v) is 8.61. The minimum atomic E-state index is -3.88. The molecule has 1 saturated carbocycles. The Morgan fingerprint density at radius 2 is 1.68 bits per heavy atom. The van der Waals surface area contributed by atoms with Gasteiger partial charge in [0.2, 0.25) is 0 Å². The molecule has 3 heterocycles. The number of amides is 1. The average Bonchev–Trinajstić information content (AvgIpc) is 3.56. The molecule has 1 aliphatic heterocycles. The number of nitrogens with zero attached hydrogens (tertiary/aromatic N) is 3. The summed E-state index contributed by atoms with van der Waals surface area (Å²) in [6.07, 6.45) is 4.67. The maximum atomic E-state index is 13.5. The number of anilines is 3. The number of sulfonamides is 1. The summed E-state index contributed by atoms with van der Waals surface area (Å²) in [5.74, 6) is 0.857. The summed E-state index contributed by atoms with van der Waals surface area (Å²) in [4.78, 5) is 24.7. The molecule has 1 amide bonds. The fourth-order valence-corrected chi connectivity index (χ4v) is 6.14. The van der Waals surface area contributed by atoms with Crippen molar-refractivity contribution in [2.24, 2.45) is 5.41 Å². The van der Waals surface area contributed by atoms with Gasteiger partial charge in [-0.2, -0.15) is 0 Å². The van der Waals surface area contributed by atoms with E-state index in [0.29, 0.717) is 28.2 Å². The van der Waals surface area contributed by atoms with Gasteiger partial charge in [-0.15, -0.1) is 0 Å². The number of carbonyl (C=O) groups is 1. The lowest BCUT2D eigenvalue weighted by Gasteiger charge is -2.34. The van der Waals surface area contributed by atoms with E-state index in [0.717, 1.165) is 25.9 Å². The highest BCUT2D eigenvalue weighted by Gasteiger charge is 2.45. The number of hydrogen-bond donors (Lipinski definition) is 4. The third-order valence-electron chi connectivity index (χ3n) is 6.97. The first-order chi connectivity index (χ1) is 17.6. The minimum Gasteiger partial charge on any atom is -0.394 e. The first kappa shape index (κ1) is 28.3. The number of aryl methyl sites for hydroxylation is 1. The van der Waals surface area contributed by atoms with E-state index < -0.39 is 27.0 Å². The monoisotopic (exact) mass is 544 g/mol. The van der Waals surface area contributed by atoms with Crippen molar-refractivity contribution in [3.05, 3.63) is 35.4 Å². The number of hydrogen-bond acceptors (Lipinski definition) is 8. The lowest BCUT2D eigenvalue weighted by molar-refractivity contribution is 0.102. The van der Waals surface area contributed by atoms with Crippen molar-refractivity contribution in [3.8, 4) is 0 Å². The highest BCUT2D eigenvalue weighted by atomic mass is 32.2. The number of aliphatic hydroxyl groups is 1. The average molecular weight is 545 g/mol. The molecule has 1 saturated heterocycles. The summed E-state index contributed by atoms with van der Waals surface area (Å²) in [6.45, 7) is 12.3. The lowest BCUT2D eigenvalue weighted by atomic mass is 9.93. The Morgan fingerprint density at radius 1 is 1.03 bits per heavy atom. The number of aliphatic hydroxyl groups excluding tert-OH is 1. The smallest absolute Gasteiger partial charge is 0.260 e. The van der Waals surface area contributed by atoms with Crippen LogP contribution < -0.4 is 20.3 Å². The first-order valence-electron chi connectivity index (χ1n) is 13.1. The topological polar surface area (TPSA) is 137 Å². The first-order valence-corrected chi connectivity index (χ1v) is 14.6. The van der Waals surface area contributed by atoms with Crippen LogP contribution in [0.2, 0.25) is 0 Å². The van der Waals surface area contributed by atoms with Crippen LogP contribution in [-0.2, 0) is 10.0 Å². The molecule has 0 radical (unpaired) electrons. The number of piperidine rings is 1. The molecule has 2 aromatic heterocycles. The molecule has 0 bridgehead atoms. The van der Waals surface area contributed by atoms with Crippen LogP contribution in [-0.4, -0.2) is 60.2 Å². The minimum absolute atomic E-state index is 0.0766. The Morgan fingerprint density at radius 3 is 2.26 bits per heavy atom. The van der Waals surface area contributed by atoms with Crippen LogP contribution in [0.1, 0.15) is 76.2 Å². The zero-order valence-electron chi connectivity index (χ0n) is 23.2. The summed E-state index contributed by atoms with van der Waals surface area (Å²) in [7, 11) is -3.88. The van der Waals surface area contributed by atoms with E-state index in [-0.39, 0.29) is 17.5 Å². The van der Waals surface area contributed by atoms with Gasteiger partial charge in [0.1, 0.15) is 17.5 Å². The largest absolute Gasteiger partial charge is 0.394 e. The highest BCUT2D eigenvalue weighted by Crippen LogP contribution is 2.54. The van der Waals surface area contributed by atoms with Crippen LogP contribution in [0.15, 0.2) is 29.3 Å². The summed E-state index contributed by atoms with van der Waals surface area (Å²) in [5, 5.41) is 15.6. The molecule has 2 aliphatic rings. The van der Waals surface area contributed by atoms with Crippen LogP contribution >= 0.6 is 0 Å². The highest BCUT2D eigenvalue weighted by molar-refractivity contribution is 7.89. The zero-order chi connectivity index (χ0) is 27.9. The Labute approximate surface area is 225 Å². The molecule has 0 unspecified atom stereocenters. The van der Waals surface area contributed by atoms with Crippen LogP contribution in [0.5, 0.6) is 0 Å². The van der Waals surface area contributed by atoms with Crippen LogP contribution in [0.25, 0.3) is 0 Å². The number of rotatable bonds is 8. The SMILES string of the molecule is Cc1cc(NC(=O)c2ccc(NC(C)(C)CO)nc2N2CCC3(CC2)CC3)nc(S(=O)(=O)NC(C)(C)C)c1. The fourth-order valence-electron chi connectivity index (χ4n) is 4.67. The predicted molar refractivity (Wildman–Crippen MR) is 149 cm³/mol. The van der Waals surface area contributed by atoms with Crippen molar-refractivity contribution >= 4 is 33.4 Å². The normalized spacial score (nSPS) is 17.4. The molecular formula is C27H40N6O4S. The van der Waals surface area contributed by atoms with E-state index in [1.165, 1.54) is 18.9 Å². The van der Waals surface area contributed by atoms with Crippen molar-refractivity contribution in [3.63, 3.8) is 0 Å². The number of nitrogens with one attached hydrogen (secondary N) is 3. The molecule has 1 aliphatic carbocycles. The standard InChI is InChI=1S/C27H40N6O4S/c1-18-15-21(28-22(16-18)38(36,37)32-25(2,3)4)30-24(35)19-7-8-20(31-26(5,6)17-34)29-23(19)33-13-11-27(9-10-27)12-14-33/h7-8,15-16,32,34H,9-14,17H2,1-6H3,(H,29,31)(H,28,30,35). The molecule has 0 atom stereocenters. The van der Waals surface area contributed by atoms with E-state index >= 15 is 0 Å². The molecule has 2 fully saturated rings. The molecule has 10 nitrogen and oxygen atoms in total. The van der Waals surface area contributed by atoms with Crippen molar-refractivity contribution in [2.45, 2.75) is 83.3 Å². The Kier molecular flexibility index (Phi) is 7.50. The van der Waals surface area contributed by atoms with Crippen LogP contribution in [0.3, 0.4) is 0 Å². The number of carbonyl (C=O) groups excluding carboxylic acids is 1. The van der Waals surface area contributed by atoms with Gasteiger partial charge in [-0.3, -0.25) is 4.79 Å². The van der Waals surface area contributed by atoms with Gasteiger partial charge in [-0.1, -0.05) is 0 Å². The summed E-state index contributed by atoms with van der Waals surface area (Å²) in [5.41, 5.74) is 0.233. The van der Waals surface area contributed by atoms with Gasteiger partial charge in [0.05, 0.1) is 17.7 Å². The van der Waals surface area contributed by atoms with E-state index in [1.807, 2.05) is 13.8 Å². The van der Waals surface area contributed by atoms with Gasteiger partial charge in [-0.05, 0) is 102 Å². The Balaban J connectivity index is 1.63. The van der Waals surface area contributed by atoms with Gasteiger partial charge in [0.15, 0.2) is 5.03 Å². The van der Waals surface area contributed by atoms with E-state index in [4.69, 9.17) is 4.98 Å². The Hall–Kier alpha value is -2.76. The maximum absolute atomic E-state index is 13.5. The molecule has 11 heteroatoms. The number of pyridine rings is 2. The second kappa shape index (κ2) is 10.1. The zero-order valence-corrected chi connectivity index (χ0v) is 24.0. The van der Waals surface area contributed by atoms with Gasteiger partial charge in [-0.25, -0.2) is 23.1 Å². The van der Waals surface area contributed by atoms with Gasteiger partial charge in [0.25, 0.3) is 15.9 Å². The molecule has 208 valence electrons. The van der Waals surface area contributed by atoms with E-state index in [1.54, 1.807) is 45.9 Å². The molecule has 4 rings (SSSR count). The van der Waals surface area contributed by atoms with Crippen molar-refractivity contribution in [2.75, 3.05) is 35.2 Å². The summed E-state index contributed by atoms with van der Waals surface area (Å²) < 4.78 is 28.3. The lowest BCUT2D eigenvalue weighted by Crippen LogP contribution is -2.40. The summed E-state index contributed by atoms with van der Waals surface area (Å²) >= 11 is 0. The van der Waals surface area contributed by atoms with Crippen LogP contribution in [0.4, 0.5) is 17.5 Å². The molecule has 2 aromatic rings. The molecule has 4 N–H and O–H groups in total. The van der Waals surface area contributed by atoms with Crippen molar-refractivity contribution < 1.29 is 18.3 Å². The van der Waals surface area contributed by atoms with Crippen LogP contribution in [0, 0.1) is 12.3 Å². The second-order valence-corrected chi connectivity index (χ2v) is 14.0. The quantitative estimate of drug-likeness (QED) is 0.395. The van der Waals surface area contributed by atoms with Gasteiger partial charge < -0.3 is 20.6 Å². The molecule has 38 heavy (non-hydrogen) atoms. The molecular weight excluding hydrogens is 504 g/mol. The molecule has 0 aromatic carbocycles. The molecule has 1 spiro atoms. The Bertz CT molecular complexity index is 1310. The summed E-state index contributed by atoms with van der Waals surface area (Å²) in [6, 6.07) is 6.54. The van der Waals surface area contributed by atoms with E-state index in [9.17, 15) is 18.3 Å². The maximum Gasteiger partial charge on any atom is 0.260 e. The third kappa shape index (κ3) is 6.81. The van der Waals surface area contributed by atoms with E-state index in [2.05, 4.69) is 25.2 Å². The van der Waals surface area contributed by atoms with Crippen molar-refractivity contribution in [1.82, 2.24) is 14.7 Å². The van der Waals surface area contributed by atoms with Gasteiger partial charge >= 0.3 is 0 Å². The fraction of sp³-hybridized carbons (Fsp3) is 0.593. The predicted octanol–water partition coefficient (Wildman–Crippen LogP) is 3.68.